The van der Waals surface area contributed by atoms with Crippen molar-refractivity contribution in [2.24, 2.45) is 5.73 Å². The summed E-state index contributed by atoms with van der Waals surface area (Å²) < 4.78 is 52.3. The van der Waals surface area contributed by atoms with Gasteiger partial charge in [-0.05, 0) is 35.9 Å². The average molecular weight is 299 g/mol. The standard InChI is InChI=1S/C10H11F4NS.C2H6O/c11-6-8(15)5-7-1-3-9(4-2-7)16-10(12,13)14;1-3-2/h1-4,8H,5-6,15H2;1-2H3. The van der Waals surface area contributed by atoms with Crippen molar-refractivity contribution in [3.05, 3.63) is 29.8 Å². The second-order valence-corrected chi connectivity index (χ2v) is 4.86. The molecule has 0 saturated heterocycles. The summed E-state index contributed by atoms with van der Waals surface area (Å²) in [6.45, 7) is -0.640. The van der Waals surface area contributed by atoms with E-state index in [0.29, 0.717) is 6.42 Å². The molecule has 1 rings (SSSR count). The Morgan fingerprint density at radius 3 is 2.05 bits per heavy atom. The van der Waals surface area contributed by atoms with E-state index in [1.54, 1.807) is 14.2 Å². The fraction of sp³-hybridized carbons (Fsp3) is 0.500. The van der Waals surface area contributed by atoms with Gasteiger partial charge in [-0.1, -0.05) is 12.1 Å². The van der Waals surface area contributed by atoms with Crippen LogP contribution in [0.15, 0.2) is 29.2 Å². The first-order chi connectivity index (χ1) is 8.82. The van der Waals surface area contributed by atoms with Gasteiger partial charge in [0.2, 0.25) is 0 Å². The summed E-state index contributed by atoms with van der Waals surface area (Å²) in [4.78, 5) is 0.116. The quantitative estimate of drug-likeness (QED) is 0.683. The van der Waals surface area contributed by atoms with Gasteiger partial charge in [0.25, 0.3) is 0 Å². The lowest BCUT2D eigenvalue weighted by molar-refractivity contribution is -0.0328. The Morgan fingerprint density at radius 1 is 1.21 bits per heavy atom. The van der Waals surface area contributed by atoms with Crippen molar-refractivity contribution in [1.29, 1.82) is 0 Å². The van der Waals surface area contributed by atoms with Crippen LogP contribution in [-0.2, 0) is 11.2 Å². The van der Waals surface area contributed by atoms with E-state index in [9.17, 15) is 17.6 Å². The molecule has 1 atom stereocenters. The van der Waals surface area contributed by atoms with Crippen LogP contribution in [0.2, 0.25) is 0 Å². The lowest BCUT2D eigenvalue weighted by atomic mass is 10.1. The molecule has 1 aromatic carbocycles. The third-order valence-electron chi connectivity index (χ3n) is 1.85. The largest absolute Gasteiger partial charge is 0.446 e. The molecule has 0 heterocycles. The fourth-order valence-electron chi connectivity index (χ4n) is 1.18. The maximum Gasteiger partial charge on any atom is 0.446 e. The summed E-state index contributed by atoms with van der Waals surface area (Å²) in [5.74, 6) is 0. The molecule has 0 amide bonds. The van der Waals surface area contributed by atoms with Gasteiger partial charge in [-0.3, -0.25) is 0 Å². The predicted molar refractivity (Wildman–Crippen MR) is 68.9 cm³/mol. The molecule has 2 nitrogen and oxygen atoms in total. The highest BCUT2D eigenvalue weighted by atomic mass is 32.2. The highest BCUT2D eigenvalue weighted by molar-refractivity contribution is 8.00. The van der Waals surface area contributed by atoms with Gasteiger partial charge in [0.05, 0.1) is 0 Å². The van der Waals surface area contributed by atoms with Crippen LogP contribution < -0.4 is 5.73 Å². The summed E-state index contributed by atoms with van der Waals surface area (Å²) in [5.41, 5.74) is 1.84. The molecule has 19 heavy (non-hydrogen) atoms. The molecule has 0 aliphatic heterocycles. The van der Waals surface area contributed by atoms with Crippen molar-refractivity contribution in [2.45, 2.75) is 22.9 Å². The maximum absolute atomic E-state index is 12.1. The molecule has 0 aliphatic rings. The summed E-state index contributed by atoms with van der Waals surface area (Å²) in [7, 11) is 3.25. The SMILES string of the molecule is COC.NC(CF)Cc1ccc(SC(F)(F)F)cc1. The molecule has 0 radical (unpaired) electrons. The van der Waals surface area contributed by atoms with Crippen molar-refractivity contribution in [2.75, 3.05) is 20.9 Å². The van der Waals surface area contributed by atoms with Gasteiger partial charge >= 0.3 is 5.51 Å². The smallest absolute Gasteiger partial charge is 0.388 e. The van der Waals surface area contributed by atoms with Crippen LogP contribution in [0.5, 0.6) is 0 Å². The number of thioether (sulfide) groups is 1. The van der Waals surface area contributed by atoms with Crippen LogP contribution in [0.25, 0.3) is 0 Å². The first-order valence-electron chi connectivity index (χ1n) is 5.38. The summed E-state index contributed by atoms with van der Waals surface area (Å²) in [6.07, 6.45) is 0.327. The zero-order chi connectivity index (χ0) is 14.9. The van der Waals surface area contributed by atoms with E-state index in [1.807, 2.05) is 0 Å². The van der Waals surface area contributed by atoms with Crippen LogP contribution >= 0.6 is 11.8 Å². The fourth-order valence-corrected chi connectivity index (χ4v) is 1.72. The number of nitrogens with two attached hydrogens (primary N) is 1. The van der Waals surface area contributed by atoms with Crippen LogP contribution in [0.1, 0.15) is 5.56 Å². The minimum absolute atomic E-state index is 0.116. The molecule has 0 saturated carbocycles. The van der Waals surface area contributed by atoms with Gasteiger partial charge < -0.3 is 10.5 Å². The number of benzene rings is 1. The van der Waals surface area contributed by atoms with E-state index >= 15 is 0 Å². The van der Waals surface area contributed by atoms with Crippen LogP contribution in [-0.4, -0.2) is 32.4 Å². The molecule has 1 aromatic rings. The topological polar surface area (TPSA) is 35.2 Å². The first-order valence-corrected chi connectivity index (χ1v) is 6.20. The van der Waals surface area contributed by atoms with Gasteiger partial charge in [0.1, 0.15) is 6.67 Å². The van der Waals surface area contributed by atoms with Crippen molar-refractivity contribution in [3.63, 3.8) is 0 Å². The molecule has 2 N–H and O–H groups in total. The number of methoxy groups -OCH3 is 1. The molecular weight excluding hydrogens is 282 g/mol. The summed E-state index contributed by atoms with van der Waals surface area (Å²) >= 11 is -0.171. The number of halogens is 4. The molecule has 0 aliphatic carbocycles. The number of hydrogen-bond acceptors (Lipinski definition) is 3. The van der Waals surface area contributed by atoms with Gasteiger partial charge in [0.15, 0.2) is 0 Å². The Labute approximate surface area is 114 Å². The average Bonchev–Trinajstić information content (AvgIpc) is 2.31. The van der Waals surface area contributed by atoms with E-state index in [1.165, 1.54) is 24.3 Å². The molecule has 0 bridgehead atoms. The monoisotopic (exact) mass is 299 g/mol. The molecule has 110 valence electrons. The van der Waals surface area contributed by atoms with E-state index in [0.717, 1.165) is 5.56 Å². The number of alkyl halides is 4. The van der Waals surface area contributed by atoms with Gasteiger partial charge in [-0.15, -0.1) is 0 Å². The second-order valence-electron chi connectivity index (χ2n) is 3.72. The Morgan fingerprint density at radius 2 is 1.68 bits per heavy atom. The second kappa shape index (κ2) is 9.17. The van der Waals surface area contributed by atoms with Crippen LogP contribution in [0, 0.1) is 0 Å². The van der Waals surface area contributed by atoms with Crippen LogP contribution in [0.3, 0.4) is 0 Å². The molecule has 0 spiro atoms. The van der Waals surface area contributed by atoms with Crippen LogP contribution in [0.4, 0.5) is 17.6 Å². The minimum atomic E-state index is -4.28. The lowest BCUT2D eigenvalue weighted by Crippen LogP contribution is -2.24. The highest BCUT2D eigenvalue weighted by Gasteiger charge is 2.28. The molecule has 0 aromatic heterocycles. The summed E-state index contributed by atoms with van der Waals surface area (Å²) in [5, 5.41) is 0. The number of rotatable bonds is 4. The highest BCUT2D eigenvalue weighted by Crippen LogP contribution is 2.36. The Hall–Kier alpha value is -0.790. The zero-order valence-electron chi connectivity index (χ0n) is 10.7. The Bertz CT molecular complexity index is 343. The Balaban J connectivity index is 0.000000982. The predicted octanol–water partition coefficient (Wildman–Crippen LogP) is 3.40. The van der Waals surface area contributed by atoms with Crippen molar-refractivity contribution in [1.82, 2.24) is 0 Å². The van der Waals surface area contributed by atoms with Gasteiger partial charge in [0, 0.05) is 25.2 Å². The van der Waals surface area contributed by atoms with E-state index in [4.69, 9.17) is 5.73 Å². The van der Waals surface area contributed by atoms with Crippen molar-refractivity contribution >= 4 is 11.8 Å². The van der Waals surface area contributed by atoms with Crippen molar-refractivity contribution < 1.29 is 22.3 Å². The maximum atomic E-state index is 12.1. The number of ether oxygens (including phenoxy) is 1. The van der Waals surface area contributed by atoms with E-state index in [-0.39, 0.29) is 16.7 Å². The third-order valence-corrected chi connectivity index (χ3v) is 2.59. The normalized spacial score (nSPS) is 12.6. The molecule has 7 heteroatoms. The molecule has 0 fully saturated rings. The molecule has 1 unspecified atom stereocenters. The van der Waals surface area contributed by atoms with Crippen molar-refractivity contribution in [3.8, 4) is 0 Å². The first kappa shape index (κ1) is 18.2. The third kappa shape index (κ3) is 9.75. The minimum Gasteiger partial charge on any atom is -0.388 e. The number of hydrogen-bond donors (Lipinski definition) is 1. The van der Waals surface area contributed by atoms with Gasteiger partial charge in [-0.2, -0.15) is 13.2 Å². The summed E-state index contributed by atoms with van der Waals surface area (Å²) in [6, 6.07) is 5.19. The lowest BCUT2D eigenvalue weighted by Gasteiger charge is -2.08. The van der Waals surface area contributed by atoms with E-state index < -0.39 is 18.2 Å². The Kier molecular flexibility index (Phi) is 8.79. The van der Waals surface area contributed by atoms with Gasteiger partial charge in [-0.25, -0.2) is 4.39 Å². The molecular formula is C12H17F4NOS. The van der Waals surface area contributed by atoms with E-state index in [2.05, 4.69) is 4.74 Å². The zero-order valence-corrected chi connectivity index (χ0v) is 11.5.